The Hall–Kier alpha value is -2.64. The Morgan fingerprint density at radius 3 is 2.90 bits per heavy atom. The molecule has 0 amide bonds. The first kappa shape index (κ1) is 21.1. The summed E-state index contributed by atoms with van der Waals surface area (Å²) in [5, 5.41) is 11.4. The highest BCUT2D eigenvalue weighted by Crippen LogP contribution is 2.19. The van der Waals surface area contributed by atoms with Gasteiger partial charge in [0.1, 0.15) is 5.82 Å². The molecule has 1 aliphatic heterocycles. The third kappa shape index (κ3) is 5.46. The molecule has 7 nitrogen and oxygen atoms in total. The Morgan fingerprint density at radius 2 is 2.21 bits per heavy atom. The normalized spacial score (nSPS) is 16.6. The maximum absolute atomic E-state index is 14.1. The highest BCUT2D eigenvalue weighted by atomic mass is 19.1. The zero-order valence-electron chi connectivity index (χ0n) is 17.7. The van der Waals surface area contributed by atoms with Crippen molar-refractivity contribution in [2.24, 2.45) is 4.99 Å². The summed E-state index contributed by atoms with van der Waals surface area (Å²) in [6, 6.07) is 5.20. The number of hydrogen-bond donors (Lipinski definition) is 2. The zero-order chi connectivity index (χ0) is 20.8. The fourth-order valence-electron chi connectivity index (χ4n) is 3.29. The van der Waals surface area contributed by atoms with Gasteiger partial charge in [-0.1, -0.05) is 19.9 Å². The van der Waals surface area contributed by atoms with Gasteiger partial charge in [0.25, 0.3) is 0 Å². The Morgan fingerprint density at radius 1 is 1.38 bits per heavy atom. The summed E-state index contributed by atoms with van der Waals surface area (Å²) in [7, 11) is 0. The first-order valence-corrected chi connectivity index (χ1v) is 10.4. The number of hydrogen-bond acceptors (Lipinski definition) is 4. The second-order valence-corrected chi connectivity index (χ2v) is 7.50. The predicted octanol–water partition coefficient (Wildman–Crippen LogP) is 3.01. The second kappa shape index (κ2) is 9.71. The van der Waals surface area contributed by atoms with E-state index in [0.717, 1.165) is 49.1 Å². The molecule has 1 aromatic heterocycles. The van der Waals surface area contributed by atoms with E-state index < -0.39 is 0 Å². The molecule has 8 heteroatoms. The largest absolute Gasteiger partial charge is 0.491 e. The fraction of sp³-hybridized carbons (Fsp3) is 0.571. The van der Waals surface area contributed by atoms with Gasteiger partial charge in [-0.25, -0.2) is 19.0 Å². The molecular formula is C21H31FN6O. The molecule has 158 valence electrons. The van der Waals surface area contributed by atoms with E-state index in [1.165, 1.54) is 6.07 Å². The van der Waals surface area contributed by atoms with Crippen molar-refractivity contribution in [1.29, 1.82) is 0 Å². The maximum Gasteiger partial charge on any atom is 0.191 e. The van der Waals surface area contributed by atoms with Gasteiger partial charge in [0.2, 0.25) is 0 Å². The molecule has 2 aromatic rings. The van der Waals surface area contributed by atoms with Crippen LogP contribution in [-0.4, -0.2) is 39.9 Å². The average Bonchev–Trinajstić information content (AvgIpc) is 3.12. The van der Waals surface area contributed by atoms with E-state index in [2.05, 4.69) is 39.6 Å². The van der Waals surface area contributed by atoms with Gasteiger partial charge in [-0.2, -0.15) is 5.10 Å². The summed E-state index contributed by atoms with van der Waals surface area (Å²) in [5.74, 6) is 2.92. The van der Waals surface area contributed by atoms with Crippen LogP contribution in [0.3, 0.4) is 0 Å². The number of aromatic nitrogens is 3. The Labute approximate surface area is 171 Å². The lowest BCUT2D eigenvalue weighted by molar-refractivity contribution is 0.321. The first-order valence-electron chi connectivity index (χ1n) is 10.4. The number of ether oxygens (including phenoxy) is 1. The lowest BCUT2D eigenvalue weighted by Crippen LogP contribution is -2.47. The van der Waals surface area contributed by atoms with Gasteiger partial charge in [-0.15, -0.1) is 0 Å². The number of fused-ring (bicyclic) bond motifs is 1. The van der Waals surface area contributed by atoms with Crippen molar-refractivity contribution < 1.29 is 9.13 Å². The molecular weight excluding hydrogens is 371 g/mol. The summed E-state index contributed by atoms with van der Waals surface area (Å²) in [6.45, 7) is 10.4. The quantitative estimate of drug-likeness (QED) is 0.550. The molecule has 1 aliphatic rings. The van der Waals surface area contributed by atoms with E-state index in [9.17, 15) is 4.39 Å². The smallest absolute Gasteiger partial charge is 0.191 e. The number of rotatable bonds is 7. The van der Waals surface area contributed by atoms with Gasteiger partial charge in [-0.3, -0.25) is 0 Å². The van der Waals surface area contributed by atoms with E-state index in [4.69, 9.17) is 4.74 Å². The predicted molar refractivity (Wildman–Crippen MR) is 112 cm³/mol. The van der Waals surface area contributed by atoms with Crippen LogP contribution < -0.4 is 15.4 Å². The number of nitrogens with one attached hydrogen (secondary N) is 2. The van der Waals surface area contributed by atoms with Gasteiger partial charge in [0.05, 0.1) is 19.7 Å². The molecule has 0 saturated carbocycles. The van der Waals surface area contributed by atoms with Crippen LogP contribution >= 0.6 is 0 Å². The molecule has 0 fully saturated rings. The van der Waals surface area contributed by atoms with Crippen molar-refractivity contribution in [2.75, 3.05) is 13.2 Å². The second-order valence-electron chi connectivity index (χ2n) is 7.50. The lowest BCUT2D eigenvalue weighted by atomic mass is 10.1. The van der Waals surface area contributed by atoms with E-state index in [1.807, 2.05) is 24.6 Å². The number of benzene rings is 1. The van der Waals surface area contributed by atoms with Gasteiger partial charge in [0.15, 0.2) is 23.4 Å². The molecule has 0 spiro atoms. The van der Waals surface area contributed by atoms with Gasteiger partial charge in [-0.05, 0) is 38.0 Å². The Bertz CT molecular complexity index is 848. The van der Waals surface area contributed by atoms with Crippen LogP contribution in [0.2, 0.25) is 0 Å². The minimum Gasteiger partial charge on any atom is -0.491 e. The molecule has 0 radical (unpaired) electrons. The molecule has 0 bridgehead atoms. The number of nitrogens with zero attached hydrogens (tertiary/aromatic N) is 4. The number of guanidine groups is 1. The number of aliphatic imine (C=N–C) groups is 1. The maximum atomic E-state index is 14.1. The minimum absolute atomic E-state index is 0.221. The molecule has 0 aliphatic carbocycles. The van der Waals surface area contributed by atoms with E-state index in [1.54, 1.807) is 6.07 Å². The third-order valence-corrected chi connectivity index (χ3v) is 4.79. The van der Waals surface area contributed by atoms with Crippen LogP contribution in [0.25, 0.3) is 0 Å². The van der Waals surface area contributed by atoms with Crippen LogP contribution in [0.4, 0.5) is 4.39 Å². The monoisotopic (exact) mass is 402 g/mol. The van der Waals surface area contributed by atoms with Crippen molar-refractivity contribution in [2.45, 2.75) is 65.6 Å². The zero-order valence-corrected chi connectivity index (χ0v) is 17.7. The summed E-state index contributed by atoms with van der Waals surface area (Å²) in [5.41, 5.74) is 0.798. The van der Waals surface area contributed by atoms with Crippen LogP contribution in [0.1, 0.15) is 57.2 Å². The highest BCUT2D eigenvalue weighted by molar-refractivity contribution is 5.80. The molecule has 2 heterocycles. The highest BCUT2D eigenvalue weighted by Gasteiger charge is 2.23. The molecule has 0 saturated heterocycles. The SMILES string of the molecule is CCNC(=NCc1ccc(OCC)c(F)c1)NC1CCc2nc(C(C)C)nn2C1. The van der Waals surface area contributed by atoms with Crippen molar-refractivity contribution >= 4 is 5.96 Å². The molecule has 3 rings (SSSR count). The molecule has 1 aromatic carbocycles. The summed E-state index contributed by atoms with van der Waals surface area (Å²) >= 11 is 0. The first-order chi connectivity index (χ1) is 14.0. The van der Waals surface area contributed by atoms with Crippen LogP contribution in [0.5, 0.6) is 5.75 Å². The fourth-order valence-corrected chi connectivity index (χ4v) is 3.29. The standard InChI is InChI=1S/C21H31FN6O/c1-5-23-21(24-12-15-7-9-18(29-6-2)17(22)11-15)25-16-8-10-19-26-20(14(3)4)27-28(19)13-16/h7,9,11,14,16H,5-6,8,10,12-13H2,1-4H3,(H2,23,24,25). The number of halogens is 1. The van der Waals surface area contributed by atoms with E-state index in [-0.39, 0.29) is 17.6 Å². The van der Waals surface area contributed by atoms with Gasteiger partial charge >= 0.3 is 0 Å². The molecule has 1 atom stereocenters. The summed E-state index contributed by atoms with van der Waals surface area (Å²) in [6.07, 6.45) is 1.86. The Balaban J connectivity index is 1.64. The molecule has 2 N–H and O–H groups in total. The molecule has 1 unspecified atom stereocenters. The van der Waals surface area contributed by atoms with Crippen LogP contribution in [0, 0.1) is 5.82 Å². The van der Waals surface area contributed by atoms with Crippen molar-refractivity contribution in [3.05, 3.63) is 41.2 Å². The average molecular weight is 403 g/mol. The molecule has 29 heavy (non-hydrogen) atoms. The van der Waals surface area contributed by atoms with E-state index >= 15 is 0 Å². The third-order valence-electron chi connectivity index (χ3n) is 4.79. The van der Waals surface area contributed by atoms with Crippen molar-refractivity contribution in [3.8, 4) is 5.75 Å². The van der Waals surface area contributed by atoms with Crippen LogP contribution in [-0.2, 0) is 19.5 Å². The summed E-state index contributed by atoms with van der Waals surface area (Å²) in [4.78, 5) is 9.26. The Kier molecular flexibility index (Phi) is 7.06. The van der Waals surface area contributed by atoms with Crippen molar-refractivity contribution in [3.63, 3.8) is 0 Å². The number of aryl methyl sites for hydroxylation is 1. The van der Waals surface area contributed by atoms with Gasteiger partial charge < -0.3 is 15.4 Å². The van der Waals surface area contributed by atoms with Gasteiger partial charge in [0, 0.05) is 24.9 Å². The van der Waals surface area contributed by atoms with E-state index in [0.29, 0.717) is 19.1 Å². The van der Waals surface area contributed by atoms with Crippen LogP contribution in [0.15, 0.2) is 23.2 Å². The summed E-state index contributed by atoms with van der Waals surface area (Å²) < 4.78 is 21.3. The van der Waals surface area contributed by atoms with Crippen molar-refractivity contribution in [1.82, 2.24) is 25.4 Å². The topological polar surface area (TPSA) is 76.4 Å². The lowest BCUT2D eigenvalue weighted by Gasteiger charge is -2.25. The minimum atomic E-state index is -0.357.